The number of pyridine rings is 1. The minimum atomic E-state index is -3.22. The van der Waals surface area contributed by atoms with Gasteiger partial charge in [0.15, 0.2) is 11.6 Å². The summed E-state index contributed by atoms with van der Waals surface area (Å²) in [5, 5.41) is 3.36. The van der Waals surface area contributed by atoms with Crippen molar-refractivity contribution in [1.82, 2.24) is 15.4 Å². The van der Waals surface area contributed by atoms with Crippen LogP contribution in [0.1, 0.15) is 12.5 Å². The van der Waals surface area contributed by atoms with Crippen molar-refractivity contribution in [1.29, 1.82) is 0 Å². The number of benzene rings is 1. The lowest BCUT2D eigenvalue weighted by molar-refractivity contribution is -0.132. The van der Waals surface area contributed by atoms with Crippen molar-refractivity contribution in [3.8, 4) is 0 Å². The number of anilines is 2. The zero-order valence-electron chi connectivity index (χ0n) is 20.0. The average Bonchev–Trinajstić information content (AvgIpc) is 3.26. The van der Waals surface area contributed by atoms with Gasteiger partial charge in [0.2, 0.25) is 0 Å². The quantitative estimate of drug-likeness (QED) is 0.263. The number of carbonyl (C=O) groups is 2. The molecule has 200 valence electrons. The minimum Gasteiger partial charge on any atom is -0.442 e. The van der Waals surface area contributed by atoms with E-state index in [1.165, 1.54) is 17.1 Å². The summed E-state index contributed by atoms with van der Waals surface area (Å²) in [6.07, 6.45) is -1.93. The first kappa shape index (κ1) is 28.1. The number of hydrogen-bond donors (Lipinski definition) is 1. The molecule has 37 heavy (non-hydrogen) atoms. The van der Waals surface area contributed by atoms with Crippen molar-refractivity contribution in [2.75, 3.05) is 49.6 Å². The second-order valence-corrected chi connectivity index (χ2v) is 8.21. The third-order valence-corrected chi connectivity index (χ3v) is 5.97. The highest BCUT2D eigenvalue weighted by atomic mass is 32.1. The van der Waals surface area contributed by atoms with Gasteiger partial charge in [-0.1, -0.05) is 12.2 Å². The molecule has 1 N–H and O–H groups in total. The molecule has 3 rings (SSSR count). The molecule has 9 nitrogen and oxygen atoms in total. The molecular weight excluding hydrogens is 518 g/mol. The highest BCUT2D eigenvalue weighted by Crippen LogP contribution is 2.31. The van der Waals surface area contributed by atoms with Gasteiger partial charge in [-0.25, -0.2) is 18.6 Å². The van der Waals surface area contributed by atoms with E-state index >= 15 is 8.78 Å². The molecule has 1 aliphatic heterocycles. The summed E-state index contributed by atoms with van der Waals surface area (Å²) < 4.78 is 59.9. The average molecular weight is 544 g/mol. The lowest BCUT2D eigenvalue weighted by Gasteiger charge is -2.29. The molecule has 1 atom stereocenters. The molecule has 1 fully saturated rings. The van der Waals surface area contributed by atoms with Gasteiger partial charge in [0, 0.05) is 43.2 Å². The molecule has 1 aliphatic rings. The summed E-state index contributed by atoms with van der Waals surface area (Å²) in [4.78, 5) is 35.3. The monoisotopic (exact) mass is 543 g/mol. The maximum Gasteiger partial charge on any atom is 0.414 e. The van der Waals surface area contributed by atoms with Crippen LogP contribution >= 0.6 is 12.2 Å². The Morgan fingerprint density at radius 3 is 2.49 bits per heavy atom. The van der Waals surface area contributed by atoms with Gasteiger partial charge in [-0.3, -0.25) is 19.5 Å². The zero-order valence-corrected chi connectivity index (χ0v) is 20.8. The largest absolute Gasteiger partial charge is 0.442 e. The normalized spacial score (nSPS) is 15.1. The third kappa shape index (κ3) is 6.83. The number of hydroxylamine groups is 2. The first-order valence-electron chi connectivity index (χ1n) is 11.2. The minimum absolute atomic E-state index is 0.111. The van der Waals surface area contributed by atoms with Gasteiger partial charge in [-0.05, 0) is 19.1 Å². The molecule has 2 aromatic rings. The number of amides is 2. The van der Waals surface area contributed by atoms with Crippen LogP contribution in [-0.4, -0.2) is 79.4 Å². The van der Waals surface area contributed by atoms with E-state index in [0.29, 0.717) is 10.6 Å². The number of cyclic esters (lactones) is 1. The SMILES string of the molecule is CCN(CCN(OC)C(=S)c1ccncc1)c1c(F)cc(N2C[C@H](CNC(=O)C(F)F)OC2=O)cc1F. The topological polar surface area (TPSA) is 87.2 Å². The molecule has 0 saturated carbocycles. The number of likely N-dealkylation sites (N-methyl/N-ethyl adjacent to an activating group) is 1. The Morgan fingerprint density at radius 2 is 1.92 bits per heavy atom. The van der Waals surface area contributed by atoms with E-state index in [-0.39, 0.29) is 44.1 Å². The molecule has 1 aromatic carbocycles. The molecule has 2 heterocycles. The Hall–Kier alpha value is -3.52. The summed E-state index contributed by atoms with van der Waals surface area (Å²) in [6.45, 7) is 1.77. The van der Waals surface area contributed by atoms with Crippen LogP contribution in [0.2, 0.25) is 0 Å². The smallest absolute Gasteiger partial charge is 0.414 e. The summed E-state index contributed by atoms with van der Waals surface area (Å²) in [7, 11) is 1.43. The Morgan fingerprint density at radius 1 is 1.27 bits per heavy atom. The first-order chi connectivity index (χ1) is 17.7. The molecule has 0 aliphatic carbocycles. The molecule has 0 bridgehead atoms. The van der Waals surface area contributed by atoms with Gasteiger partial charge >= 0.3 is 12.5 Å². The Balaban J connectivity index is 1.69. The highest BCUT2D eigenvalue weighted by molar-refractivity contribution is 7.80. The Kier molecular flexibility index (Phi) is 9.58. The Labute approximate surface area is 215 Å². The van der Waals surface area contributed by atoms with Crippen LogP contribution in [0.15, 0.2) is 36.7 Å². The van der Waals surface area contributed by atoms with Crippen LogP contribution in [0, 0.1) is 11.6 Å². The number of carbonyl (C=O) groups excluding carboxylic acids is 2. The van der Waals surface area contributed by atoms with Crippen LogP contribution < -0.4 is 15.1 Å². The van der Waals surface area contributed by atoms with Gasteiger partial charge in [0.1, 0.15) is 16.8 Å². The van der Waals surface area contributed by atoms with Crippen LogP contribution in [0.3, 0.4) is 0 Å². The fourth-order valence-corrected chi connectivity index (χ4v) is 4.00. The lowest BCUT2D eigenvalue weighted by atomic mass is 10.2. The summed E-state index contributed by atoms with van der Waals surface area (Å²) in [5.41, 5.74) is 0.284. The molecular formula is C23H25F4N5O4S. The van der Waals surface area contributed by atoms with Crippen LogP contribution in [0.4, 0.5) is 33.7 Å². The van der Waals surface area contributed by atoms with Gasteiger partial charge < -0.3 is 15.0 Å². The van der Waals surface area contributed by atoms with E-state index in [0.717, 1.165) is 17.0 Å². The van der Waals surface area contributed by atoms with Crippen LogP contribution in [0.25, 0.3) is 0 Å². The first-order valence-corrected chi connectivity index (χ1v) is 11.6. The van der Waals surface area contributed by atoms with Crippen molar-refractivity contribution in [3.05, 3.63) is 53.9 Å². The van der Waals surface area contributed by atoms with Crippen molar-refractivity contribution < 1.29 is 36.7 Å². The molecule has 1 saturated heterocycles. The van der Waals surface area contributed by atoms with Gasteiger partial charge in [-0.2, -0.15) is 8.78 Å². The number of rotatable bonds is 11. The number of nitrogens with zero attached hydrogens (tertiary/aromatic N) is 4. The summed E-state index contributed by atoms with van der Waals surface area (Å²) in [5.74, 6) is -3.34. The molecule has 2 amide bonds. The van der Waals surface area contributed by atoms with Crippen LogP contribution in [0.5, 0.6) is 0 Å². The van der Waals surface area contributed by atoms with Crippen molar-refractivity contribution >= 4 is 40.6 Å². The Bertz CT molecular complexity index is 1100. The number of hydrogen-bond acceptors (Lipinski definition) is 7. The summed E-state index contributed by atoms with van der Waals surface area (Å²) >= 11 is 5.44. The number of aromatic nitrogens is 1. The van der Waals surface area contributed by atoms with E-state index in [2.05, 4.69) is 4.98 Å². The van der Waals surface area contributed by atoms with E-state index in [1.807, 2.05) is 5.32 Å². The standard InChI is InChI=1S/C23H25F4N5O4S/c1-3-30(8-9-32(35-2)22(37)14-4-6-28-7-5-14)19-17(24)10-15(11-18(19)25)31-13-16(36-23(31)34)12-29-21(33)20(26)27/h4-7,10-11,16,20H,3,8-9,12-13H2,1-2H3,(H,29,33)/t16-/m0/s1. The lowest BCUT2D eigenvalue weighted by Crippen LogP contribution is -2.38. The van der Waals surface area contributed by atoms with E-state index in [1.54, 1.807) is 31.5 Å². The van der Waals surface area contributed by atoms with Crippen LogP contribution in [-0.2, 0) is 14.4 Å². The molecule has 0 unspecified atom stereocenters. The van der Waals surface area contributed by atoms with Gasteiger partial charge in [-0.15, -0.1) is 0 Å². The highest BCUT2D eigenvalue weighted by Gasteiger charge is 2.34. The second kappa shape index (κ2) is 12.6. The van der Waals surface area contributed by atoms with Crippen molar-refractivity contribution in [3.63, 3.8) is 0 Å². The van der Waals surface area contributed by atoms with Crippen molar-refractivity contribution in [2.45, 2.75) is 19.5 Å². The number of alkyl halides is 2. The van der Waals surface area contributed by atoms with E-state index in [4.69, 9.17) is 21.8 Å². The van der Waals surface area contributed by atoms with Crippen molar-refractivity contribution in [2.24, 2.45) is 0 Å². The fourth-order valence-electron chi connectivity index (χ4n) is 3.69. The van der Waals surface area contributed by atoms with E-state index in [9.17, 15) is 18.4 Å². The zero-order chi connectivity index (χ0) is 27.1. The second-order valence-electron chi connectivity index (χ2n) is 7.83. The van der Waals surface area contributed by atoms with Gasteiger partial charge in [0.05, 0.1) is 32.4 Å². The number of thiocarbonyl (C=S) groups is 1. The van der Waals surface area contributed by atoms with Gasteiger partial charge in [0.25, 0.3) is 5.91 Å². The summed E-state index contributed by atoms with van der Waals surface area (Å²) in [6, 6.07) is 5.39. The fraction of sp³-hybridized carbons (Fsp3) is 0.391. The molecule has 0 radical (unpaired) electrons. The predicted molar refractivity (Wildman–Crippen MR) is 131 cm³/mol. The molecule has 14 heteroatoms. The predicted octanol–water partition coefficient (Wildman–Crippen LogP) is 3.13. The van der Waals surface area contributed by atoms with E-state index < -0.39 is 36.2 Å². The number of ether oxygens (including phenoxy) is 1. The molecule has 1 aromatic heterocycles. The number of halogens is 4. The number of nitrogens with one attached hydrogen (secondary N) is 1. The maximum absolute atomic E-state index is 15.1. The maximum atomic E-state index is 15.1. The third-order valence-electron chi connectivity index (χ3n) is 5.53. The molecule has 0 spiro atoms.